The summed E-state index contributed by atoms with van der Waals surface area (Å²) in [5.74, 6) is 0.0934. The smallest absolute Gasteiger partial charge is 0.234 e. The van der Waals surface area contributed by atoms with Gasteiger partial charge in [-0.25, -0.2) is 0 Å². The van der Waals surface area contributed by atoms with E-state index in [0.717, 1.165) is 19.4 Å². The molecule has 0 spiro atoms. The zero-order valence-corrected chi connectivity index (χ0v) is 9.01. The summed E-state index contributed by atoms with van der Waals surface area (Å²) in [7, 11) is 0. The summed E-state index contributed by atoms with van der Waals surface area (Å²) in [6, 6.07) is 0.686. The first-order valence-electron chi connectivity index (χ1n) is 5.33. The molecular weight excluding hydrogens is 180 g/mol. The third-order valence-electron chi connectivity index (χ3n) is 2.13. The van der Waals surface area contributed by atoms with Gasteiger partial charge in [-0.15, -0.1) is 0 Å². The fourth-order valence-electron chi connectivity index (χ4n) is 1.13. The minimum absolute atomic E-state index is 0.0934. The molecule has 0 aliphatic heterocycles. The Morgan fingerprint density at radius 1 is 1.57 bits per heavy atom. The van der Waals surface area contributed by atoms with Gasteiger partial charge in [0.05, 0.1) is 13.2 Å². The third kappa shape index (κ3) is 5.19. The first-order valence-corrected chi connectivity index (χ1v) is 5.33. The van der Waals surface area contributed by atoms with Crippen LogP contribution in [0.15, 0.2) is 0 Å². The minimum atomic E-state index is 0.0934. The van der Waals surface area contributed by atoms with Crippen LogP contribution in [-0.4, -0.2) is 37.7 Å². The second-order valence-electron chi connectivity index (χ2n) is 3.78. The SMILES string of the molecule is CCOC[C@@H](C)NCC(=O)NC1CC1. The Morgan fingerprint density at radius 3 is 2.86 bits per heavy atom. The van der Waals surface area contributed by atoms with Crippen molar-refractivity contribution >= 4 is 5.91 Å². The second kappa shape index (κ2) is 5.98. The van der Waals surface area contributed by atoms with Gasteiger partial charge in [-0.2, -0.15) is 0 Å². The summed E-state index contributed by atoms with van der Waals surface area (Å²) in [6.07, 6.45) is 2.28. The Labute approximate surface area is 85.4 Å². The highest BCUT2D eigenvalue weighted by Crippen LogP contribution is 2.18. The van der Waals surface area contributed by atoms with Gasteiger partial charge in [-0.05, 0) is 26.7 Å². The summed E-state index contributed by atoms with van der Waals surface area (Å²) in [5.41, 5.74) is 0. The van der Waals surface area contributed by atoms with Gasteiger partial charge in [-0.3, -0.25) is 4.79 Å². The molecule has 0 radical (unpaired) electrons. The zero-order chi connectivity index (χ0) is 10.4. The lowest BCUT2D eigenvalue weighted by atomic mass is 10.3. The van der Waals surface area contributed by atoms with Gasteiger partial charge in [0.2, 0.25) is 5.91 Å². The highest BCUT2D eigenvalue weighted by atomic mass is 16.5. The molecule has 2 N–H and O–H groups in total. The fourth-order valence-corrected chi connectivity index (χ4v) is 1.13. The molecule has 0 bridgehead atoms. The number of rotatable bonds is 7. The van der Waals surface area contributed by atoms with Crippen LogP contribution in [0.3, 0.4) is 0 Å². The molecule has 14 heavy (non-hydrogen) atoms. The molecule has 1 atom stereocenters. The van der Waals surface area contributed by atoms with Crippen LogP contribution < -0.4 is 10.6 Å². The van der Waals surface area contributed by atoms with Crippen molar-refractivity contribution in [2.75, 3.05) is 19.8 Å². The van der Waals surface area contributed by atoms with Crippen LogP contribution in [0.5, 0.6) is 0 Å². The van der Waals surface area contributed by atoms with Gasteiger partial charge in [-0.1, -0.05) is 0 Å². The predicted octanol–water partition coefficient (Wildman–Crippen LogP) is 0.280. The average molecular weight is 200 g/mol. The molecule has 0 aromatic carbocycles. The van der Waals surface area contributed by atoms with Crippen LogP contribution in [0.2, 0.25) is 0 Å². The normalized spacial score (nSPS) is 17.9. The predicted molar refractivity (Wildman–Crippen MR) is 55.1 cm³/mol. The van der Waals surface area contributed by atoms with E-state index in [4.69, 9.17) is 4.74 Å². The van der Waals surface area contributed by atoms with Crippen molar-refractivity contribution in [1.82, 2.24) is 10.6 Å². The molecular formula is C10H20N2O2. The van der Waals surface area contributed by atoms with E-state index in [1.807, 2.05) is 13.8 Å². The average Bonchev–Trinajstić information content (AvgIpc) is 2.95. The largest absolute Gasteiger partial charge is 0.380 e. The van der Waals surface area contributed by atoms with Crippen LogP contribution in [-0.2, 0) is 9.53 Å². The summed E-state index contributed by atoms with van der Waals surface area (Å²) >= 11 is 0. The van der Waals surface area contributed by atoms with Crippen LogP contribution >= 0.6 is 0 Å². The van der Waals surface area contributed by atoms with Crippen molar-refractivity contribution in [3.05, 3.63) is 0 Å². The summed E-state index contributed by atoms with van der Waals surface area (Å²) in [5, 5.41) is 6.04. The first-order chi connectivity index (χ1) is 6.72. The molecule has 1 aliphatic rings. The second-order valence-corrected chi connectivity index (χ2v) is 3.78. The van der Waals surface area contributed by atoms with Crippen LogP contribution in [0.25, 0.3) is 0 Å². The van der Waals surface area contributed by atoms with E-state index < -0.39 is 0 Å². The lowest BCUT2D eigenvalue weighted by Crippen LogP contribution is -2.40. The zero-order valence-electron chi connectivity index (χ0n) is 9.01. The maximum atomic E-state index is 11.3. The number of carbonyl (C=O) groups excluding carboxylic acids is 1. The monoisotopic (exact) mass is 200 g/mol. The lowest BCUT2D eigenvalue weighted by Gasteiger charge is -2.13. The highest BCUT2D eigenvalue weighted by molar-refractivity contribution is 5.78. The van der Waals surface area contributed by atoms with Crippen molar-refractivity contribution in [2.24, 2.45) is 0 Å². The van der Waals surface area contributed by atoms with Crippen LogP contribution in [0.4, 0.5) is 0 Å². The Kier molecular flexibility index (Phi) is 4.90. The summed E-state index contributed by atoms with van der Waals surface area (Å²) in [6.45, 7) is 5.75. The van der Waals surface area contributed by atoms with E-state index >= 15 is 0 Å². The van der Waals surface area contributed by atoms with Gasteiger partial charge in [0.15, 0.2) is 0 Å². The summed E-state index contributed by atoms with van der Waals surface area (Å²) in [4.78, 5) is 11.3. The Balaban J connectivity index is 1.97. The molecule has 0 aromatic heterocycles. The van der Waals surface area contributed by atoms with Gasteiger partial charge in [0.25, 0.3) is 0 Å². The molecule has 82 valence electrons. The highest BCUT2D eigenvalue weighted by Gasteiger charge is 2.22. The Hall–Kier alpha value is -0.610. The van der Waals surface area contributed by atoms with E-state index in [9.17, 15) is 4.79 Å². The molecule has 1 amide bonds. The summed E-state index contributed by atoms with van der Waals surface area (Å²) < 4.78 is 5.23. The van der Waals surface area contributed by atoms with E-state index in [1.165, 1.54) is 0 Å². The number of carbonyl (C=O) groups is 1. The molecule has 1 fully saturated rings. The van der Waals surface area contributed by atoms with Crippen LogP contribution in [0.1, 0.15) is 26.7 Å². The van der Waals surface area contributed by atoms with E-state index in [1.54, 1.807) is 0 Å². The molecule has 1 saturated carbocycles. The first kappa shape index (κ1) is 11.5. The third-order valence-corrected chi connectivity index (χ3v) is 2.13. The topological polar surface area (TPSA) is 50.4 Å². The van der Waals surface area contributed by atoms with Gasteiger partial charge in [0.1, 0.15) is 0 Å². The fraction of sp³-hybridized carbons (Fsp3) is 0.900. The van der Waals surface area contributed by atoms with E-state index in [0.29, 0.717) is 19.2 Å². The molecule has 1 aliphatic carbocycles. The number of ether oxygens (including phenoxy) is 1. The quantitative estimate of drug-likeness (QED) is 0.620. The molecule has 0 aromatic rings. The van der Waals surface area contributed by atoms with Crippen molar-refractivity contribution in [3.8, 4) is 0 Å². The Bertz CT molecular complexity index is 181. The van der Waals surface area contributed by atoms with Crippen molar-refractivity contribution in [1.29, 1.82) is 0 Å². The minimum Gasteiger partial charge on any atom is -0.380 e. The van der Waals surface area contributed by atoms with Crippen molar-refractivity contribution in [2.45, 2.75) is 38.8 Å². The van der Waals surface area contributed by atoms with E-state index in [-0.39, 0.29) is 11.9 Å². The molecule has 0 unspecified atom stereocenters. The van der Waals surface area contributed by atoms with Gasteiger partial charge < -0.3 is 15.4 Å². The van der Waals surface area contributed by atoms with Crippen LogP contribution in [0, 0.1) is 0 Å². The van der Waals surface area contributed by atoms with Crippen molar-refractivity contribution < 1.29 is 9.53 Å². The standard InChI is InChI=1S/C10H20N2O2/c1-3-14-7-8(2)11-6-10(13)12-9-4-5-9/h8-9,11H,3-7H2,1-2H3,(H,12,13)/t8-/m1/s1. The number of hydrogen-bond donors (Lipinski definition) is 2. The number of nitrogens with one attached hydrogen (secondary N) is 2. The Morgan fingerprint density at radius 2 is 2.29 bits per heavy atom. The molecule has 0 heterocycles. The maximum absolute atomic E-state index is 11.3. The molecule has 4 nitrogen and oxygen atoms in total. The lowest BCUT2D eigenvalue weighted by molar-refractivity contribution is -0.120. The molecule has 1 rings (SSSR count). The van der Waals surface area contributed by atoms with Gasteiger partial charge >= 0.3 is 0 Å². The number of hydrogen-bond acceptors (Lipinski definition) is 3. The number of amides is 1. The molecule has 4 heteroatoms. The van der Waals surface area contributed by atoms with Crippen molar-refractivity contribution in [3.63, 3.8) is 0 Å². The van der Waals surface area contributed by atoms with E-state index in [2.05, 4.69) is 10.6 Å². The molecule has 0 saturated heterocycles. The van der Waals surface area contributed by atoms with Gasteiger partial charge in [0, 0.05) is 18.7 Å². The maximum Gasteiger partial charge on any atom is 0.234 e.